The van der Waals surface area contributed by atoms with Crippen molar-refractivity contribution in [3.63, 3.8) is 0 Å². The summed E-state index contributed by atoms with van der Waals surface area (Å²) in [6.07, 6.45) is 1.59. The predicted octanol–water partition coefficient (Wildman–Crippen LogP) is 3.25. The fourth-order valence-corrected chi connectivity index (χ4v) is 3.41. The van der Waals surface area contributed by atoms with Gasteiger partial charge >= 0.3 is 6.03 Å². The topological polar surface area (TPSA) is 75.2 Å². The second-order valence-corrected chi connectivity index (χ2v) is 6.64. The zero-order valence-corrected chi connectivity index (χ0v) is 14.7. The van der Waals surface area contributed by atoms with Crippen LogP contribution in [0.4, 0.5) is 4.79 Å². The number of nitrogens with zero attached hydrogens (tertiary/aromatic N) is 3. The summed E-state index contributed by atoms with van der Waals surface area (Å²) in [6.45, 7) is 1.69. The summed E-state index contributed by atoms with van der Waals surface area (Å²) in [5.41, 5.74) is -0.160. The second-order valence-electron chi connectivity index (χ2n) is 6.29. The number of urea groups is 1. The molecule has 0 spiro atoms. The molecule has 1 saturated heterocycles. The Hall–Kier alpha value is -2.99. The number of fused-ring (bicyclic) bond motifs is 1. The molecule has 0 unspecified atom stereocenters. The van der Waals surface area contributed by atoms with E-state index in [1.807, 2.05) is 30.3 Å². The number of nitrogens with one attached hydrogen (secondary N) is 1. The van der Waals surface area contributed by atoms with Crippen LogP contribution in [0.5, 0.6) is 0 Å². The maximum Gasteiger partial charge on any atom is 0.325 e. The highest BCUT2D eigenvalue weighted by Crippen LogP contribution is 2.29. The Kier molecular flexibility index (Phi) is 3.85. The molecular formula is C19H15ClN4O2. The average molecular weight is 367 g/mol. The number of rotatable bonds is 3. The standard InChI is InChI=1S/C19H15ClN4O2/c1-19(15-8-4-5-9-21-15)17(25)24(18(26)23-19)11-13-10-12-6-2-3-7-14(12)16(20)22-13/h2-10H,11H2,1H3,(H,23,26)/t19-/m0/s1. The molecule has 2 aromatic heterocycles. The molecule has 3 amide bonds. The number of amides is 3. The van der Waals surface area contributed by atoms with Crippen LogP contribution in [0.2, 0.25) is 5.15 Å². The second kappa shape index (κ2) is 6.07. The van der Waals surface area contributed by atoms with Crippen molar-refractivity contribution >= 4 is 34.3 Å². The first-order valence-electron chi connectivity index (χ1n) is 8.09. The lowest BCUT2D eigenvalue weighted by Crippen LogP contribution is -2.41. The Labute approximate surface area is 154 Å². The van der Waals surface area contributed by atoms with Gasteiger partial charge in [0.15, 0.2) is 5.54 Å². The maximum atomic E-state index is 12.9. The molecule has 1 aliphatic rings. The van der Waals surface area contributed by atoms with Crippen molar-refractivity contribution < 1.29 is 9.59 Å². The van der Waals surface area contributed by atoms with Gasteiger partial charge in [-0.05, 0) is 30.5 Å². The Balaban J connectivity index is 1.67. The van der Waals surface area contributed by atoms with Crippen LogP contribution >= 0.6 is 11.6 Å². The first-order chi connectivity index (χ1) is 12.5. The minimum Gasteiger partial charge on any atom is -0.318 e. The summed E-state index contributed by atoms with van der Waals surface area (Å²) in [6, 6.07) is 14.2. The number of hydrogen-bond donors (Lipinski definition) is 1. The lowest BCUT2D eigenvalue weighted by atomic mass is 9.97. The number of carbonyl (C=O) groups excluding carboxylic acids is 2. The molecule has 1 aliphatic heterocycles. The molecule has 130 valence electrons. The van der Waals surface area contributed by atoms with Gasteiger partial charge in [-0.1, -0.05) is 41.9 Å². The van der Waals surface area contributed by atoms with E-state index in [0.717, 1.165) is 15.7 Å². The first-order valence-corrected chi connectivity index (χ1v) is 8.46. The molecule has 7 heteroatoms. The van der Waals surface area contributed by atoms with E-state index >= 15 is 0 Å². The zero-order valence-electron chi connectivity index (χ0n) is 13.9. The molecule has 4 rings (SSSR count). The summed E-state index contributed by atoms with van der Waals surface area (Å²) >= 11 is 6.25. The van der Waals surface area contributed by atoms with Crippen LogP contribution in [0.25, 0.3) is 10.8 Å². The molecule has 1 atom stereocenters. The Morgan fingerprint density at radius 1 is 1.15 bits per heavy atom. The van der Waals surface area contributed by atoms with Crippen molar-refractivity contribution in [3.8, 4) is 0 Å². The van der Waals surface area contributed by atoms with Gasteiger partial charge in [0.05, 0.1) is 17.9 Å². The SMILES string of the molecule is C[C@@]1(c2ccccn2)NC(=O)N(Cc2cc3ccccc3c(Cl)n2)C1=O. The number of pyridine rings is 2. The van der Waals surface area contributed by atoms with Crippen molar-refractivity contribution in [1.82, 2.24) is 20.2 Å². The quantitative estimate of drug-likeness (QED) is 0.570. The molecule has 3 aromatic rings. The molecule has 3 heterocycles. The molecule has 1 fully saturated rings. The van der Waals surface area contributed by atoms with Crippen LogP contribution in [0.3, 0.4) is 0 Å². The van der Waals surface area contributed by atoms with Crippen LogP contribution in [-0.2, 0) is 16.9 Å². The molecule has 0 aliphatic carbocycles. The number of benzene rings is 1. The lowest BCUT2D eigenvalue weighted by molar-refractivity contribution is -0.131. The van der Waals surface area contributed by atoms with Crippen molar-refractivity contribution in [2.45, 2.75) is 19.0 Å². The van der Waals surface area contributed by atoms with Crippen LogP contribution in [0, 0.1) is 0 Å². The average Bonchev–Trinajstić information content (AvgIpc) is 2.87. The monoisotopic (exact) mass is 366 g/mol. The van der Waals surface area contributed by atoms with E-state index in [-0.39, 0.29) is 12.5 Å². The minimum absolute atomic E-state index is 0.0393. The lowest BCUT2D eigenvalue weighted by Gasteiger charge is -2.20. The van der Waals surface area contributed by atoms with Gasteiger partial charge in [0.1, 0.15) is 5.15 Å². The largest absolute Gasteiger partial charge is 0.325 e. The van der Waals surface area contributed by atoms with Crippen LogP contribution in [-0.4, -0.2) is 26.8 Å². The van der Waals surface area contributed by atoms with Gasteiger partial charge in [-0.25, -0.2) is 9.78 Å². The Morgan fingerprint density at radius 3 is 2.69 bits per heavy atom. The highest BCUT2D eigenvalue weighted by Gasteiger charge is 2.50. The third-order valence-corrected chi connectivity index (χ3v) is 4.81. The fourth-order valence-electron chi connectivity index (χ4n) is 3.12. The van der Waals surface area contributed by atoms with Crippen molar-refractivity contribution in [2.75, 3.05) is 0 Å². The molecule has 26 heavy (non-hydrogen) atoms. The highest BCUT2D eigenvalue weighted by atomic mass is 35.5. The van der Waals surface area contributed by atoms with E-state index < -0.39 is 11.6 Å². The van der Waals surface area contributed by atoms with Gasteiger partial charge in [-0.3, -0.25) is 14.7 Å². The molecule has 0 saturated carbocycles. The van der Waals surface area contributed by atoms with Crippen molar-refractivity contribution in [3.05, 3.63) is 71.3 Å². The van der Waals surface area contributed by atoms with Gasteiger partial charge in [-0.2, -0.15) is 0 Å². The number of aromatic nitrogens is 2. The minimum atomic E-state index is -1.20. The summed E-state index contributed by atoms with van der Waals surface area (Å²) in [5.74, 6) is -0.368. The summed E-state index contributed by atoms with van der Waals surface area (Å²) in [5, 5.41) is 4.81. The van der Waals surface area contributed by atoms with Crippen LogP contribution in [0.1, 0.15) is 18.3 Å². The molecule has 1 aromatic carbocycles. The van der Waals surface area contributed by atoms with Gasteiger partial charge in [0, 0.05) is 11.6 Å². The molecule has 6 nitrogen and oxygen atoms in total. The predicted molar refractivity (Wildman–Crippen MR) is 97.4 cm³/mol. The van der Waals surface area contributed by atoms with Gasteiger partial charge in [0.2, 0.25) is 0 Å². The number of hydrogen-bond acceptors (Lipinski definition) is 4. The molecule has 0 radical (unpaired) electrons. The van der Waals surface area contributed by atoms with Crippen LogP contribution < -0.4 is 5.32 Å². The number of halogens is 1. The normalized spacial score (nSPS) is 19.8. The van der Waals surface area contributed by atoms with E-state index in [4.69, 9.17) is 11.6 Å². The van der Waals surface area contributed by atoms with Gasteiger partial charge in [-0.15, -0.1) is 0 Å². The van der Waals surface area contributed by atoms with E-state index in [9.17, 15) is 9.59 Å². The Morgan fingerprint density at radius 2 is 1.92 bits per heavy atom. The zero-order chi connectivity index (χ0) is 18.3. The summed E-state index contributed by atoms with van der Waals surface area (Å²) < 4.78 is 0. The summed E-state index contributed by atoms with van der Waals surface area (Å²) in [4.78, 5) is 35.1. The third kappa shape index (κ3) is 2.59. The molecular weight excluding hydrogens is 352 g/mol. The van der Waals surface area contributed by atoms with E-state index in [1.54, 1.807) is 31.3 Å². The van der Waals surface area contributed by atoms with E-state index in [0.29, 0.717) is 16.5 Å². The third-order valence-electron chi connectivity index (χ3n) is 4.52. The van der Waals surface area contributed by atoms with E-state index in [1.165, 1.54) is 0 Å². The van der Waals surface area contributed by atoms with Gasteiger partial charge in [0.25, 0.3) is 5.91 Å². The van der Waals surface area contributed by atoms with Crippen molar-refractivity contribution in [2.24, 2.45) is 0 Å². The number of imide groups is 1. The van der Waals surface area contributed by atoms with Crippen LogP contribution in [0.15, 0.2) is 54.7 Å². The maximum absolute atomic E-state index is 12.9. The fraction of sp³-hybridized carbons (Fsp3) is 0.158. The van der Waals surface area contributed by atoms with Gasteiger partial charge < -0.3 is 5.32 Å². The molecule has 0 bridgehead atoms. The molecule has 1 N–H and O–H groups in total. The number of carbonyl (C=O) groups is 2. The highest BCUT2D eigenvalue weighted by molar-refractivity contribution is 6.34. The smallest absolute Gasteiger partial charge is 0.318 e. The first kappa shape index (κ1) is 16.5. The summed E-state index contributed by atoms with van der Waals surface area (Å²) in [7, 11) is 0. The van der Waals surface area contributed by atoms with Crippen molar-refractivity contribution in [1.29, 1.82) is 0 Å². The Bertz CT molecular complexity index is 1020. The van der Waals surface area contributed by atoms with E-state index in [2.05, 4.69) is 15.3 Å².